The highest BCUT2D eigenvalue weighted by Gasteiger charge is 2.28. The van der Waals surface area contributed by atoms with Crippen molar-refractivity contribution < 1.29 is 4.79 Å². The molecule has 0 atom stereocenters. The number of amides is 1. The van der Waals surface area contributed by atoms with Gasteiger partial charge in [0.15, 0.2) is 0 Å². The summed E-state index contributed by atoms with van der Waals surface area (Å²) in [7, 11) is 0. The van der Waals surface area contributed by atoms with Crippen molar-refractivity contribution >= 4 is 27.5 Å². The molecule has 114 valence electrons. The zero-order valence-corrected chi connectivity index (χ0v) is 14.5. The lowest BCUT2D eigenvalue weighted by Crippen LogP contribution is -2.27. The van der Waals surface area contributed by atoms with Crippen LogP contribution in [0.4, 0.5) is 0 Å². The van der Waals surface area contributed by atoms with Crippen molar-refractivity contribution in [2.45, 2.75) is 46.5 Å². The third-order valence-electron chi connectivity index (χ3n) is 4.19. The minimum Gasteiger partial charge on any atom is -0.267 e. The Bertz CT molecular complexity index is 536. The summed E-state index contributed by atoms with van der Waals surface area (Å²) in [6.45, 7) is 6.90. The van der Waals surface area contributed by atoms with Gasteiger partial charge >= 0.3 is 0 Å². The summed E-state index contributed by atoms with van der Waals surface area (Å²) in [6, 6.07) is 7.33. The highest BCUT2D eigenvalue weighted by atomic mass is 79.9. The van der Waals surface area contributed by atoms with E-state index in [9.17, 15) is 4.79 Å². The second-order valence-electron chi connectivity index (χ2n) is 6.77. The molecule has 1 amide bonds. The molecule has 1 aromatic carbocycles. The summed E-state index contributed by atoms with van der Waals surface area (Å²) in [5.41, 5.74) is 4.78. The van der Waals surface area contributed by atoms with Gasteiger partial charge in [0, 0.05) is 15.7 Å². The third kappa shape index (κ3) is 4.67. The van der Waals surface area contributed by atoms with Gasteiger partial charge in [0.25, 0.3) is 5.91 Å². The predicted octanol–water partition coefficient (Wildman–Crippen LogP) is 4.77. The number of hydrogen-bond acceptors (Lipinski definition) is 2. The maximum atomic E-state index is 12.0. The second-order valence-corrected chi connectivity index (χ2v) is 7.69. The van der Waals surface area contributed by atoms with Gasteiger partial charge in [0.1, 0.15) is 0 Å². The largest absolute Gasteiger partial charge is 0.271 e. The minimum atomic E-state index is -0.151. The van der Waals surface area contributed by atoms with Crippen molar-refractivity contribution in [3.05, 3.63) is 34.3 Å². The molecule has 0 spiro atoms. The van der Waals surface area contributed by atoms with E-state index in [4.69, 9.17) is 0 Å². The van der Waals surface area contributed by atoms with Gasteiger partial charge in [-0.3, -0.25) is 4.79 Å². The minimum absolute atomic E-state index is 0.151. The third-order valence-corrected chi connectivity index (χ3v) is 4.68. The monoisotopic (exact) mass is 350 g/mol. The van der Waals surface area contributed by atoms with Crippen molar-refractivity contribution in [3.8, 4) is 0 Å². The van der Waals surface area contributed by atoms with E-state index in [2.05, 4.69) is 47.2 Å². The molecule has 0 saturated heterocycles. The van der Waals surface area contributed by atoms with Crippen LogP contribution in [0.1, 0.15) is 56.8 Å². The maximum absolute atomic E-state index is 12.0. The van der Waals surface area contributed by atoms with Crippen LogP contribution >= 0.6 is 15.9 Å². The molecule has 1 aromatic rings. The molecular weight excluding hydrogens is 328 g/mol. The molecule has 4 heteroatoms. The van der Waals surface area contributed by atoms with Crippen molar-refractivity contribution in [1.29, 1.82) is 0 Å². The number of hydrogen-bond donors (Lipinski definition) is 1. The molecule has 0 aliphatic heterocycles. The lowest BCUT2D eigenvalue weighted by Gasteiger charge is -2.34. The molecule has 0 bridgehead atoms. The van der Waals surface area contributed by atoms with E-state index in [0.717, 1.165) is 41.8 Å². The summed E-state index contributed by atoms with van der Waals surface area (Å²) < 4.78 is 0.897. The first kappa shape index (κ1) is 16.2. The average Bonchev–Trinajstić information content (AvgIpc) is 2.44. The van der Waals surface area contributed by atoms with E-state index < -0.39 is 0 Å². The Morgan fingerprint density at radius 1 is 1.29 bits per heavy atom. The normalized spacial score (nSPS) is 19.2. The van der Waals surface area contributed by atoms with Crippen molar-refractivity contribution in [2.24, 2.45) is 16.4 Å². The average molecular weight is 351 g/mol. The van der Waals surface area contributed by atoms with E-state index in [1.807, 2.05) is 12.1 Å². The lowest BCUT2D eigenvalue weighted by molar-refractivity contribution is 0.0954. The molecule has 1 aliphatic carbocycles. The Labute approximate surface area is 135 Å². The molecule has 1 saturated carbocycles. The fraction of sp³-hybridized carbons (Fsp3) is 0.529. The van der Waals surface area contributed by atoms with Gasteiger partial charge in [-0.1, -0.05) is 42.8 Å². The van der Waals surface area contributed by atoms with E-state index in [0.29, 0.717) is 11.0 Å². The Morgan fingerprint density at radius 3 is 2.52 bits per heavy atom. The fourth-order valence-electron chi connectivity index (χ4n) is 2.75. The van der Waals surface area contributed by atoms with Gasteiger partial charge in [-0.2, -0.15) is 5.10 Å². The fourth-order valence-corrected chi connectivity index (χ4v) is 3.15. The number of nitrogens with zero attached hydrogens (tertiary/aromatic N) is 1. The van der Waals surface area contributed by atoms with Gasteiger partial charge in [-0.25, -0.2) is 5.43 Å². The number of hydrazone groups is 1. The van der Waals surface area contributed by atoms with Gasteiger partial charge in [0.05, 0.1) is 0 Å². The van der Waals surface area contributed by atoms with E-state index in [1.165, 1.54) is 0 Å². The van der Waals surface area contributed by atoms with Gasteiger partial charge in [0.2, 0.25) is 0 Å². The zero-order chi connectivity index (χ0) is 15.5. The molecule has 0 radical (unpaired) electrons. The van der Waals surface area contributed by atoms with Crippen LogP contribution in [-0.2, 0) is 0 Å². The van der Waals surface area contributed by atoms with Crippen molar-refractivity contribution in [3.63, 3.8) is 0 Å². The lowest BCUT2D eigenvalue weighted by atomic mass is 9.72. The predicted molar refractivity (Wildman–Crippen MR) is 90.5 cm³/mol. The summed E-state index contributed by atoms with van der Waals surface area (Å²) in [5.74, 6) is 0.596. The van der Waals surface area contributed by atoms with Crippen LogP contribution in [-0.4, -0.2) is 11.6 Å². The molecule has 1 fully saturated rings. The Hall–Kier alpha value is -1.16. The highest BCUT2D eigenvalue weighted by molar-refractivity contribution is 9.10. The molecule has 0 unspecified atom stereocenters. The Morgan fingerprint density at radius 2 is 1.95 bits per heavy atom. The molecule has 1 aliphatic rings. The first-order valence-electron chi connectivity index (χ1n) is 7.47. The summed E-state index contributed by atoms with van der Waals surface area (Å²) >= 11 is 3.37. The topological polar surface area (TPSA) is 41.5 Å². The Kier molecular flexibility index (Phi) is 5.20. The molecule has 1 N–H and O–H groups in total. The highest BCUT2D eigenvalue weighted by Crippen LogP contribution is 2.36. The first-order chi connectivity index (χ1) is 9.86. The molecule has 21 heavy (non-hydrogen) atoms. The van der Waals surface area contributed by atoms with Crippen molar-refractivity contribution in [1.82, 2.24) is 5.43 Å². The van der Waals surface area contributed by atoms with Crippen LogP contribution in [0.3, 0.4) is 0 Å². The number of carbonyl (C=O) groups is 1. The zero-order valence-electron chi connectivity index (χ0n) is 12.9. The first-order valence-corrected chi connectivity index (χ1v) is 8.27. The standard InChI is InChI=1S/C17H23BrN2O/c1-17(2,3)13-7-9-15(10-8-13)19-20-16(21)12-5-4-6-14(18)11-12/h4-6,11,13H,7-10H2,1-3H3,(H,20,21). The summed E-state index contributed by atoms with van der Waals surface area (Å²) in [4.78, 5) is 12.0. The van der Waals surface area contributed by atoms with Gasteiger partial charge < -0.3 is 0 Å². The van der Waals surface area contributed by atoms with Crippen LogP contribution in [0, 0.1) is 11.3 Å². The van der Waals surface area contributed by atoms with Crippen LogP contribution in [0.5, 0.6) is 0 Å². The van der Waals surface area contributed by atoms with Crippen LogP contribution in [0.2, 0.25) is 0 Å². The molecular formula is C17H23BrN2O. The number of halogens is 1. The second kappa shape index (κ2) is 6.73. The van der Waals surface area contributed by atoms with Crippen LogP contribution in [0.25, 0.3) is 0 Å². The van der Waals surface area contributed by atoms with Gasteiger partial charge in [-0.15, -0.1) is 0 Å². The molecule has 3 nitrogen and oxygen atoms in total. The number of nitrogens with one attached hydrogen (secondary N) is 1. The maximum Gasteiger partial charge on any atom is 0.271 e. The molecule has 0 heterocycles. The smallest absolute Gasteiger partial charge is 0.267 e. The molecule has 0 aromatic heterocycles. The summed E-state index contributed by atoms with van der Waals surface area (Å²) in [5, 5.41) is 4.31. The van der Waals surface area contributed by atoms with Crippen LogP contribution < -0.4 is 5.43 Å². The van der Waals surface area contributed by atoms with E-state index in [-0.39, 0.29) is 5.91 Å². The quantitative estimate of drug-likeness (QED) is 0.766. The van der Waals surface area contributed by atoms with E-state index >= 15 is 0 Å². The van der Waals surface area contributed by atoms with Crippen molar-refractivity contribution in [2.75, 3.05) is 0 Å². The summed E-state index contributed by atoms with van der Waals surface area (Å²) in [6.07, 6.45) is 4.30. The molecule has 2 rings (SSSR count). The number of benzene rings is 1. The van der Waals surface area contributed by atoms with Gasteiger partial charge in [-0.05, 0) is 55.2 Å². The SMILES string of the molecule is CC(C)(C)C1CCC(=NNC(=O)c2cccc(Br)c2)CC1. The number of rotatable bonds is 2. The van der Waals surface area contributed by atoms with Crippen LogP contribution in [0.15, 0.2) is 33.8 Å². The number of carbonyl (C=O) groups excluding carboxylic acids is 1. The van der Waals surface area contributed by atoms with E-state index in [1.54, 1.807) is 12.1 Å². The Balaban J connectivity index is 1.90.